The first-order valence-corrected chi connectivity index (χ1v) is 9.58. The van der Waals surface area contributed by atoms with Crippen molar-refractivity contribution in [2.75, 3.05) is 25.1 Å². The maximum atomic E-state index is 12.2. The summed E-state index contributed by atoms with van der Waals surface area (Å²) in [6.07, 6.45) is 2.11. The Bertz CT molecular complexity index is 772. The van der Waals surface area contributed by atoms with Crippen molar-refractivity contribution in [3.8, 4) is 0 Å². The van der Waals surface area contributed by atoms with Crippen molar-refractivity contribution >= 4 is 28.8 Å². The fourth-order valence-electron chi connectivity index (χ4n) is 2.54. The van der Waals surface area contributed by atoms with E-state index in [2.05, 4.69) is 20.8 Å². The van der Waals surface area contributed by atoms with Crippen LogP contribution in [0, 0.1) is 6.92 Å². The molecule has 0 saturated carbocycles. The summed E-state index contributed by atoms with van der Waals surface area (Å²) in [6, 6.07) is 7.48. The van der Waals surface area contributed by atoms with Crippen LogP contribution < -0.4 is 10.6 Å². The lowest BCUT2D eigenvalue weighted by Gasteiger charge is -2.10. The van der Waals surface area contributed by atoms with Gasteiger partial charge < -0.3 is 20.1 Å². The van der Waals surface area contributed by atoms with E-state index in [1.165, 1.54) is 0 Å². The monoisotopic (exact) mass is 390 g/mol. The molecule has 1 aliphatic heterocycles. The molecule has 0 bridgehead atoms. The largest absolute Gasteiger partial charge is 0.376 e. The fraction of sp³-hybridized carbons (Fsp3) is 0.444. The lowest BCUT2D eigenvalue weighted by Crippen LogP contribution is -2.34. The lowest BCUT2D eigenvalue weighted by atomic mass is 10.2. The van der Waals surface area contributed by atoms with Crippen LogP contribution in [-0.2, 0) is 20.9 Å². The molecule has 3 rings (SSSR count). The summed E-state index contributed by atoms with van der Waals surface area (Å²) in [5.41, 5.74) is 1.81. The van der Waals surface area contributed by atoms with Crippen molar-refractivity contribution in [1.29, 1.82) is 0 Å². The molecule has 144 valence electrons. The number of nitrogens with one attached hydrogen (secondary N) is 2. The topological polar surface area (TPSA) is 102 Å². The van der Waals surface area contributed by atoms with E-state index in [0.29, 0.717) is 17.2 Å². The van der Waals surface area contributed by atoms with Crippen molar-refractivity contribution in [3.05, 3.63) is 39.8 Å². The number of hydrogen-bond donors (Lipinski definition) is 2. The first-order valence-electron chi connectivity index (χ1n) is 8.76. The molecule has 1 atom stereocenters. The van der Waals surface area contributed by atoms with Crippen LogP contribution in [0.2, 0.25) is 0 Å². The summed E-state index contributed by atoms with van der Waals surface area (Å²) in [5.74, 6) is -0.524. The van der Waals surface area contributed by atoms with Gasteiger partial charge in [-0.2, -0.15) is 0 Å². The summed E-state index contributed by atoms with van der Waals surface area (Å²) in [6.45, 7) is 3.30. The predicted octanol–water partition coefficient (Wildman–Crippen LogP) is 1.91. The molecule has 0 aliphatic carbocycles. The average molecular weight is 390 g/mol. The normalized spacial score (nSPS) is 16.3. The lowest BCUT2D eigenvalue weighted by molar-refractivity contribution is -0.126. The van der Waals surface area contributed by atoms with Gasteiger partial charge in [0.05, 0.1) is 6.10 Å². The highest BCUT2D eigenvalue weighted by Gasteiger charge is 2.16. The molecule has 0 spiro atoms. The fourth-order valence-corrected chi connectivity index (χ4v) is 3.21. The maximum Gasteiger partial charge on any atom is 0.286 e. The van der Waals surface area contributed by atoms with Gasteiger partial charge in [0.2, 0.25) is 10.9 Å². The Kier molecular flexibility index (Phi) is 6.86. The van der Waals surface area contributed by atoms with Crippen LogP contribution in [0.25, 0.3) is 0 Å². The number of anilines is 1. The number of aryl methyl sites for hydroxylation is 1. The molecule has 2 heterocycles. The first-order chi connectivity index (χ1) is 13.1. The van der Waals surface area contributed by atoms with E-state index in [4.69, 9.17) is 9.47 Å². The predicted molar refractivity (Wildman–Crippen MR) is 101 cm³/mol. The van der Waals surface area contributed by atoms with E-state index in [0.717, 1.165) is 36.3 Å². The van der Waals surface area contributed by atoms with Crippen LogP contribution in [0.5, 0.6) is 0 Å². The highest BCUT2D eigenvalue weighted by Crippen LogP contribution is 2.15. The Morgan fingerprint density at radius 2 is 2.11 bits per heavy atom. The second kappa shape index (κ2) is 9.54. The zero-order chi connectivity index (χ0) is 19.1. The second-order valence-corrected chi connectivity index (χ2v) is 7.32. The molecule has 1 saturated heterocycles. The number of carbonyl (C=O) groups excluding carboxylic acids is 2. The zero-order valence-electron chi connectivity index (χ0n) is 15.1. The van der Waals surface area contributed by atoms with Crippen molar-refractivity contribution < 1.29 is 19.1 Å². The molecule has 1 aliphatic rings. The van der Waals surface area contributed by atoms with Crippen LogP contribution in [-0.4, -0.2) is 47.9 Å². The smallest absolute Gasteiger partial charge is 0.286 e. The standard InChI is InChI=1S/C18H22N4O4S/c1-12-4-6-13(7-5-12)20-17(24)18-22-21-16(27-18)11-25-10-15(23)19-9-14-3-2-8-26-14/h4-7,14H,2-3,8-11H2,1H3,(H,19,23)(H,20,24). The van der Waals surface area contributed by atoms with E-state index < -0.39 is 0 Å². The summed E-state index contributed by atoms with van der Waals surface area (Å²) in [5, 5.41) is 14.1. The Balaban J connectivity index is 1.38. The molecule has 1 aromatic carbocycles. The molecular formula is C18H22N4O4S. The number of rotatable bonds is 8. The minimum absolute atomic E-state index is 0.0722. The average Bonchev–Trinajstić information content (AvgIpc) is 3.34. The third-order valence-corrected chi connectivity index (χ3v) is 4.88. The van der Waals surface area contributed by atoms with Crippen LogP contribution in [0.3, 0.4) is 0 Å². The maximum absolute atomic E-state index is 12.2. The summed E-state index contributed by atoms with van der Waals surface area (Å²) in [4.78, 5) is 23.9. The van der Waals surface area contributed by atoms with Crippen molar-refractivity contribution in [1.82, 2.24) is 15.5 Å². The van der Waals surface area contributed by atoms with Crippen LogP contribution >= 0.6 is 11.3 Å². The molecular weight excluding hydrogens is 368 g/mol. The quantitative estimate of drug-likeness (QED) is 0.714. The van der Waals surface area contributed by atoms with Gasteiger partial charge in [0, 0.05) is 18.8 Å². The van der Waals surface area contributed by atoms with Gasteiger partial charge in [-0.1, -0.05) is 29.0 Å². The van der Waals surface area contributed by atoms with Gasteiger partial charge in [-0.05, 0) is 31.9 Å². The molecule has 2 aromatic rings. The van der Waals surface area contributed by atoms with E-state index in [-0.39, 0.29) is 36.1 Å². The minimum atomic E-state index is -0.322. The van der Waals surface area contributed by atoms with Gasteiger partial charge in [-0.15, -0.1) is 10.2 Å². The second-order valence-electron chi connectivity index (χ2n) is 6.25. The van der Waals surface area contributed by atoms with Crippen LogP contribution in [0.1, 0.15) is 33.2 Å². The summed E-state index contributed by atoms with van der Waals surface area (Å²) >= 11 is 1.14. The minimum Gasteiger partial charge on any atom is -0.376 e. The number of ether oxygens (including phenoxy) is 2. The highest BCUT2D eigenvalue weighted by molar-refractivity contribution is 7.13. The SMILES string of the molecule is Cc1ccc(NC(=O)c2nnc(COCC(=O)NCC3CCCO3)s2)cc1. The molecule has 1 aromatic heterocycles. The first kappa shape index (κ1) is 19.4. The molecule has 27 heavy (non-hydrogen) atoms. The van der Waals surface area contributed by atoms with Gasteiger partial charge >= 0.3 is 0 Å². The van der Waals surface area contributed by atoms with Crippen LogP contribution in [0.4, 0.5) is 5.69 Å². The molecule has 0 radical (unpaired) electrons. The van der Waals surface area contributed by atoms with E-state index >= 15 is 0 Å². The zero-order valence-corrected chi connectivity index (χ0v) is 15.9. The van der Waals surface area contributed by atoms with Gasteiger partial charge in [0.1, 0.15) is 18.2 Å². The molecule has 2 amide bonds. The molecule has 9 heteroatoms. The summed E-state index contributed by atoms with van der Waals surface area (Å²) < 4.78 is 10.8. The van der Waals surface area contributed by atoms with E-state index in [9.17, 15) is 9.59 Å². The number of nitrogens with zero attached hydrogens (tertiary/aromatic N) is 2. The number of aromatic nitrogens is 2. The van der Waals surface area contributed by atoms with Gasteiger partial charge in [-0.25, -0.2) is 0 Å². The van der Waals surface area contributed by atoms with Crippen molar-refractivity contribution in [2.45, 2.75) is 32.5 Å². The van der Waals surface area contributed by atoms with Crippen LogP contribution in [0.15, 0.2) is 24.3 Å². The Morgan fingerprint density at radius 3 is 2.85 bits per heavy atom. The van der Waals surface area contributed by atoms with Gasteiger partial charge in [0.25, 0.3) is 5.91 Å². The number of carbonyl (C=O) groups is 2. The molecule has 2 N–H and O–H groups in total. The Morgan fingerprint density at radius 1 is 1.30 bits per heavy atom. The Hall–Kier alpha value is -2.36. The number of hydrogen-bond acceptors (Lipinski definition) is 7. The van der Waals surface area contributed by atoms with Crippen molar-refractivity contribution in [2.24, 2.45) is 0 Å². The highest BCUT2D eigenvalue weighted by atomic mass is 32.1. The van der Waals surface area contributed by atoms with Gasteiger partial charge in [0.15, 0.2) is 0 Å². The van der Waals surface area contributed by atoms with E-state index in [1.54, 1.807) is 0 Å². The molecule has 1 unspecified atom stereocenters. The Labute approximate surface area is 161 Å². The van der Waals surface area contributed by atoms with Crippen molar-refractivity contribution in [3.63, 3.8) is 0 Å². The number of benzene rings is 1. The molecule has 8 nitrogen and oxygen atoms in total. The number of amides is 2. The van der Waals surface area contributed by atoms with E-state index in [1.807, 2.05) is 31.2 Å². The van der Waals surface area contributed by atoms with Gasteiger partial charge in [-0.3, -0.25) is 9.59 Å². The molecule has 1 fully saturated rings. The third kappa shape index (κ3) is 6.09. The third-order valence-electron chi connectivity index (χ3n) is 3.98. The summed E-state index contributed by atoms with van der Waals surface area (Å²) in [7, 11) is 0.